The number of H-pyrrole nitrogens is 1. The van der Waals surface area contributed by atoms with Gasteiger partial charge in [-0.25, -0.2) is 14.6 Å². The number of alkyl carbamates (subject to hydrolysis) is 1. The molecule has 0 saturated carbocycles. The van der Waals surface area contributed by atoms with Gasteiger partial charge in [0.1, 0.15) is 18.5 Å². The molecule has 0 radical (unpaired) electrons. The van der Waals surface area contributed by atoms with Gasteiger partial charge in [0.25, 0.3) is 0 Å². The summed E-state index contributed by atoms with van der Waals surface area (Å²) in [7, 11) is 0. The van der Waals surface area contributed by atoms with Crippen LogP contribution < -0.4 is 10.6 Å². The first-order valence-corrected chi connectivity index (χ1v) is 16.4. The molecule has 2 amide bonds. The van der Waals surface area contributed by atoms with Crippen molar-refractivity contribution < 1.29 is 24.2 Å². The Morgan fingerprint density at radius 2 is 1.49 bits per heavy atom. The van der Waals surface area contributed by atoms with Crippen molar-refractivity contribution in [2.45, 2.75) is 37.3 Å². The number of aliphatic carboxylic acids is 1. The molecular formula is C37H33IN4O5. The van der Waals surface area contributed by atoms with Crippen LogP contribution >= 0.6 is 22.6 Å². The Morgan fingerprint density at radius 3 is 2.13 bits per heavy atom. The van der Waals surface area contributed by atoms with Crippen molar-refractivity contribution in [2.75, 3.05) is 6.61 Å². The van der Waals surface area contributed by atoms with Gasteiger partial charge < -0.3 is 25.5 Å². The number of carbonyl (C=O) groups is 3. The lowest BCUT2D eigenvalue weighted by Gasteiger charge is -2.25. The number of rotatable bonds is 11. The van der Waals surface area contributed by atoms with E-state index in [2.05, 4.69) is 43.2 Å². The van der Waals surface area contributed by atoms with Crippen molar-refractivity contribution in [2.24, 2.45) is 0 Å². The number of nitrogens with one attached hydrogen (secondary N) is 3. The molecule has 0 aliphatic heterocycles. The van der Waals surface area contributed by atoms with Gasteiger partial charge >= 0.3 is 12.1 Å². The molecule has 3 atom stereocenters. The van der Waals surface area contributed by atoms with E-state index in [1.165, 1.54) is 0 Å². The van der Waals surface area contributed by atoms with Crippen LogP contribution in [0.1, 0.15) is 53.7 Å². The largest absolute Gasteiger partial charge is 0.480 e. The molecule has 5 aromatic rings. The first kappa shape index (κ1) is 32.0. The fourth-order valence-corrected chi connectivity index (χ4v) is 6.41. The highest BCUT2D eigenvalue weighted by Gasteiger charge is 2.32. The van der Waals surface area contributed by atoms with Crippen LogP contribution in [0.15, 0.2) is 109 Å². The average Bonchev–Trinajstić information content (AvgIpc) is 3.70. The molecule has 0 spiro atoms. The van der Waals surface area contributed by atoms with Crippen LogP contribution in [0.3, 0.4) is 0 Å². The highest BCUT2D eigenvalue weighted by Crippen LogP contribution is 2.44. The Kier molecular flexibility index (Phi) is 9.67. The minimum absolute atomic E-state index is 0.0243. The van der Waals surface area contributed by atoms with Crippen molar-refractivity contribution >= 4 is 40.6 Å². The molecule has 0 unspecified atom stereocenters. The van der Waals surface area contributed by atoms with Gasteiger partial charge in [0.05, 0.1) is 24.4 Å². The van der Waals surface area contributed by atoms with E-state index in [1.807, 2.05) is 110 Å². The predicted octanol–water partition coefficient (Wildman–Crippen LogP) is 7.02. The number of imidazole rings is 1. The average molecular weight is 741 g/mol. The Hall–Kier alpha value is -4.97. The van der Waals surface area contributed by atoms with E-state index in [0.29, 0.717) is 5.82 Å². The first-order valence-electron chi connectivity index (χ1n) is 15.3. The molecule has 6 rings (SSSR count). The quantitative estimate of drug-likeness (QED) is 0.108. The maximum Gasteiger partial charge on any atom is 0.407 e. The molecular weight excluding hydrogens is 707 g/mol. The summed E-state index contributed by atoms with van der Waals surface area (Å²) in [4.78, 5) is 46.4. The number of carboxylic acids is 1. The number of hydrogen-bond donors (Lipinski definition) is 4. The summed E-state index contributed by atoms with van der Waals surface area (Å²) < 4.78 is 6.65. The van der Waals surface area contributed by atoms with Crippen molar-refractivity contribution in [3.8, 4) is 22.4 Å². The molecule has 0 bridgehead atoms. The molecule has 1 heterocycles. The number of ether oxygens (including phenoxy) is 1. The number of benzene rings is 4. The molecule has 47 heavy (non-hydrogen) atoms. The lowest BCUT2D eigenvalue weighted by molar-refractivity contribution is -0.141. The van der Waals surface area contributed by atoms with Gasteiger partial charge in [0, 0.05) is 15.4 Å². The lowest BCUT2D eigenvalue weighted by atomic mass is 9.92. The SMILES string of the molecule is C[C@@H](c1ccccc1)[C@H](NC(=O)C[C@@H](NC(=O)OCC1c2ccccc2-c2ccccc21)C(=O)O)c1ncc(-c2ccc(I)cc2)[nH]1. The van der Waals surface area contributed by atoms with Crippen molar-refractivity contribution in [1.82, 2.24) is 20.6 Å². The molecule has 4 N–H and O–H groups in total. The van der Waals surface area contributed by atoms with Crippen molar-refractivity contribution in [3.05, 3.63) is 135 Å². The summed E-state index contributed by atoms with van der Waals surface area (Å²) in [6.45, 7) is 1.99. The van der Waals surface area contributed by atoms with Crippen molar-refractivity contribution in [1.29, 1.82) is 0 Å². The topological polar surface area (TPSA) is 133 Å². The number of amides is 2. The molecule has 1 aliphatic rings. The second kappa shape index (κ2) is 14.2. The number of aromatic nitrogens is 2. The summed E-state index contributed by atoms with van der Waals surface area (Å²) in [5.41, 5.74) is 6.94. The molecule has 1 aromatic heterocycles. The van der Waals surface area contributed by atoms with Gasteiger partial charge in [0.15, 0.2) is 0 Å². The Morgan fingerprint density at radius 1 is 0.872 bits per heavy atom. The summed E-state index contributed by atoms with van der Waals surface area (Å²) in [5.74, 6) is -1.77. The van der Waals surface area contributed by atoms with Gasteiger partial charge in [0.2, 0.25) is 5.91 Å². The number of aromatic amines is 1. The number of carbonyl (C=O) groups excluding carboxylic acids is 2. The van der Waals surface area contributed by atoms with Crippen LogP contribution in [0.4, 0.5) is 4.79 Å². The summed E-state index contributed by atoms with van der Waals surface area (Å²) in [5, 5.41) is 15.3. The minimum Gasteiger partial charge on any atom is -0.480 e. The maximum atomic E-state index is 13.4. The van der Waals surface area contributed by atoms with Gasteiger partial charge in [-0.05, 0) is 68.1 Å². The van der Waals surface area contributed by atoms with Crippen LogP contribution in [0.5, 0.6) is 0 Å². The van der Waals surface area contributed by atoms with E-state index >= 15 is 0 Å². The zero-order chi connectivity index (χ0) is 32.9. The standard InChI is InChI=1S/C37H33IN4O5/c1-22(23-9-3-2-4-10-23)34(35-39-20-32(40-35)24-15-17-25(38)18-16-24)42-33(43)19-31(36(44)45)41-37(46)47-21-30-28-13-7-5-11-26(28)27-12-6-8-14-29(27)30/h2-18,20,22,30-31,34H,19,21H2,1H3,(H,39,40)(H,41,46)(H,42,43)(H,44,45)/t22-,31+,34-/m0/s1. The second-order valence-electron chi connectivity index (χ2n) is 11.5. The fourth-order valence-electron chi connectivity index (χ4n) is 6.05. The van der Waals surface area contributed by atoms with Gasteiger partial charge in [-0.2, -0.15) is 0 Å². The van der Waals surface area contributed by atoms with Crippen LogP contribution in [0.2, 0.25) is 0 Å². The molecule has 0 saturated heterocycles. The maximum absolute atomic E-state index is 13.4. The molecule has 238 valence electrons. The molecule has 9 nitrogen and oxygen atoms in total. The fraction of sp³-hybridized carbons (Fsp3) is 0.189. The molecule has 10 heteroatoms. The highest BCUT2D eigenvalue weighted by molar-refractivity contribution is 14.1. The lowest BCUT2D eigenvalue weighted by Crippen LogP contribution is -2.45. The highest BCUT2D eigenvalue weighted by atomic mass is 127. The van der Waals surface area contributed by atoms with Gasteiger partial charge in [-0.15, -0.1) is 0 Å². The number of halogens is 1. The first-order chi connectivity index (χ1) is 22.8. The second-order valence-corrected chi connectivity index (χ2v) is 12.7. The van der Waals surface area contributed by atoms with Crippen molar-refractivity contribution in [3.63, 3.8) is 0 Å². The van der Waals surface area contributed by atoms with Crippen LogP contribution in [-0.4, -0.2) is 45.7 Å². The Labute approximate surface area is 285 Å². The van der Waals surface area contributed by atoms with E-state index in [9.17, 15) is 19.5 Å². The summed E-state index contributed by atoms with van der Waals surface area (Å²) in [6.07, 6.45) is 0.310. The number of nitrogens with zero attached hydrogens (tertiary/aromatic N) is 1. The van der Waals surface area contributed by atoms with Crippen LogP contribution in [-0.2, 0) is 14.3 Å². The van der Waals surface area contributed by atoms with E-state index < -0.39 is 36.5 Å². The number of fused-ring (bicyclic) bond motifs is 3. The zero-order valence-electron chi connectivity index (χ0n) is 25.5. The summed E-state index contributed by atoms with van der Waals surface area (Å²) >= 11 is 2.25. The monoisotopic (exact) mass is 740 g/mol. The van der Waals surface area contributed by atoms with E-state index in [1.54, 1.807) is 6.20 Å². The van der Waals surface area contributed by atoms with Crippen LogP contribution in [0.25, 0.3) is 22.4 Å². The third-order valence-corrected chi connectivity index (χ3v) is 9.23. The third kappa shape index (κ3) is 7.22. The molecule has 4 aromatic carbocycles. The van der Waals surface area contributed by atoms with Gasteiger partial charge in [-0.3, -0.25) is 4.79 Å². The third-order valence-electron chi connectivity index (χ3n) is 8.51. The Balaban J connectivity index is 1.14. The minimum atomic E-state index is -1.50. The number of hydrogen-bond acceptors (Lipinski definition) is 5. The van der Waals surface area contributed by atoms with Crippen LogP contribution in [0, 0.1) is 3.57 Å². The number of carboxylic acid groups (broad SMARTS) is 1. The van der Waals surface area contributed by atoms with E-state index in [-0.39, 0.29) is 18.4 Å². The Bertz CT molecular complexity index is 1850. The smallest absolute Gasteiger partial charge is 0.407 e. The van der Waals surface area contributed by atoms with E-state index in [4.69, 9.17) is 4.74 Å². The van der Waals surface area contributed by atoms with E-state index in [0.717, 1.165) is 42.6 Å². The normalized spacial score (nSPS) is 13.9. The summed E-state index contributed by atoms with van der Waals surface area (Å²) in [6, 6.07) is 31.4. The molecule has 0 fully saturated rings. The molecule has 1 aliphatic carbocycles. The zero-order valence-corrected chi connectivity index (χ0v) is 27.7. The van der Waals surface area contributed by atoms with Gasteiger partial charge in [-0.1, -0.05) is 97.9 Å². The predicted molar refractivity (Wildman–Crippen MR) is 187 cm³/mol.